The van der Waals surface area contributed by atoms with Gasteiger partial charge in [0.25, 0.3) is 5.91 Å². The summed E-state index contributed by atoms with van der Waals surface area (Å²) in [6.45, 7) is 2.60. The molecule has 6 heteroatoms. The van der Waals surface area contributed by atoms with E-state index in [1.54, 1.807) is 12.1 Å². The van der Waals surface area contributed by atoms with Crippen molar-refractivity contribution in [3.63, 3.8) is 0 Å². The van der Waals surface area contributed by atoms with E-state index in [0.717, 1.165) is 6.42 Å². The summed E-state index contributed by atoms with van der Waals surface area (Å²) in [7, 11) is 0. The van der Waals surface area contributed by atoms with Crippen LogP contribution in [-0.2, 0) is 0 Å². The quantitative estimate of drug-likeness (QED) is 0.849. The SMILES string of the molecule is CCCOc1ccccc1Oc1cc(C(N)=O)c(N)cn1. The highest BCUT2D eigenvalue weighted by molar-refractivity contribution is 5.98. The molecule has 1 aromatic carbocycles. The van der Waals surface area contributed by atoms with E-state index in [1.165, 1.54) is 12.3 Å². The molecule has 0 fully saturated rings. The summed E-state index contributed by atoms with van der Waals surface area (Å²) >= 11 is 0. The van der Waals surface area contributed by atoms with Gasteiger partial charge in [-0.25, -0.2) is 4.98 Å². The number of benzene rings is 1. The second-order valence-electron chi connectivity index (χ2n) is 4.37. The second kappa shape index (κ2) is 6.60. The van der Waals surface area contributed by atoms with Gasteiger partial charge < -0.3 is 20.9 Å². The smallest absolute Gasteiger partial charge is 0.251 e. The van der Waals surface area contributed by atoms with Crippen LogP contribution in [0.2, 0.25) is 0 Å². The van der Waals surface area contributed by atoms with E-state index in [1.807, 2.05) is 19.1 Å². The van der Waals surface area contributed by atoms with Gasteiger partial charge in [0.05, 0.1) is 24.1 Å². The third kappa shape index (κ3) is 3.62. The molecule has 0 radical (unpaired) electrons. The van der Waals surface area contributed by atoms with Crippen LogP contribution < -0.4 is 20.9 Å². The normalized spacial score (nSPS) is 10.1. The fourth-order valence-electron chi connectivity index (χ4n) is 1.69. The van der Waals surface area contributed by atoms with Gasteiger partial charge in [-0.15, -0.1) is 0 Å². The number of hydrogen-bond donors (Lipinski definition) is 2. The highest BCUT2D eigenvalue weighted by Gasteiger charge is 2.11. The largest absolute Gasteiger partial charge is 0.490 e. The van der Waals surface area contributed by atoms with Crippen LogP contribution in [0.4, 0.5) is 5.69 Å². The first-order chi connectivity index (χ1) is 10.1. The minimum Gasteiger partial charge on any atom is -0.490 e. The Labute approximate surface area is 122 Å². The second-order valence-corrected chi connectivity index (χ2v) is 4.37. The lowest BCUT2D eigenvalue weighted by atomic mass is 10.2. The molecule has 6 nitrogen and oxygen atoms in total. The van der Waals surface area contributed by atoms with Crippen LogP contribution in [0.3, 0.4) is 0 Å². The number of carbonyl (C=O) groups excluding carboxylic acids is 1. The van der Waals surface area contributed by atoms with Crippen LogP contribution in [0.5, 0.6) is 17.4 Å². The topological polar surface area (TPSA) is 100 Å². The predicted molar refractivity (Wildman–Crippen MR) is 79.5 cm³/mol. The van der Waals surface area contributed by atoms with Crippen molar-refractivity contribution < 1.29 is 14.3 Å². The molecule has 0 unspecified atom stereocenters. The molecule has 0 saturated heterocycles. The number of nitrogen functional groups attached to an aromatic ring is 1. The van der Waals surface area contributed by atoms with Gasteiger partial charge in [0.2, 0.25) is 5.88 Å². The molecule has 21 heavy (non-hydrogen) atoms. The first kappa shape index (κ1) is 14.6. The predicted octanol–water partition coefficient (Wildman–Crippen LogP) is 2.34. The van der Waals surface area contributed by atoms with Crippen LogP contribution >= 0.6 is 0 Å². The van der Waals surface area contributed by atoms with Gasteiger partial charge in [-0.3, -0.25) is 4.79 Å². The van der Waals surface area contributed by atoms with Crippen molar-refractivity contribution in [1.82, 2.24) is 4.98 Å². The van der Waals surface area contributed by atoms with E-state index in [-0.39, 0.29) is 17.1 Å². The lowest BCUT2D eigenvalue weighted by molar-refractivity contribution is 0.100. The number of rotatable bonds is 6. The molecule has 1 amide bonds. The van der Waals surface area contributed by atoms with Crippen LogP contribution in [0.1, 0.15) is 23.7 Å². The molecule has 0 spiro atoms. The van der Waals surface area contributed by atoms with Crippen LogP contribution in [0.25, 0.3) is 0 Å². The highest BCUT2D eigenvalue weighted by atomic mass is 16.5. The van der Waals surface area contributed by atoms with Crippen molar-refractivity contribution in [1.29, 1.82) is 0 Å². The van der Waals surface area contributed by atoms with E-state index in [4.69, 9.17) is 20.9 Å². The van der Waals surface area contributed by atoms with Gasteiger partial charge in [0.15, 0.2) is 11.5 Å². The number of nitrogens with two attached hydrogens (primary N) is 2. The Morgan fingerprint density at radius 1 is 1.29 bits per heavy atom. The summed E-state index contributed by atoms with van der Waals surface area (Å²) in [6.07, 6.45) is 2.23. The van der Waals surface area contributed by atoms with Crippen molar-refractivity contribution in [2.45, 2.75) is 13.3 Å². The van der Waals surface area contributed by atoms with Gasteiger partial charge in [0.1, 0.15) is 0 Å². The maximum absolute atomic E-state index is 11.3. The number of para-hydroxylation sites is 2. The molecule has 2 rings (SSSR count). The van der Waals surface area contributed by atoms with E-state index >= 15 is 0 Å². The Bertz CT molecular complexity index is 644. The summed E-state index contributed by atoms with van der Waals surface area (Å²) < 4.78 is 11.2. The average molecular weight is 287 g/mol. The molecule has 0 atom stereocenters. The zero-order chi connectivity index (χ0) is 15.2. The van der Waals surface area contributed by atoms with Gasteiger partial charge in [0, 0.05) is 6.07 Å². The molecule has 0 saturated carbocycles. The third-order valence-electron chi connectivity index (χ3n) is 2.70. The number of nitrogens with zero attached hydrogens (tertiary/aromatic N) is 1. The zero-order valence-corrected chi connectivity index (χ0v) is 11.7. The van der Waals surface area contributed by atoms with E-state index < -0.39 is 5.91 Å². The zero-order valence-electron chi connectivity index (χ0n) is 11.7. The minimum absolute atomic E-state index is 0.173. The van der Waals surface area contributed by atoms with E-state index in [2.05, 4.69) is 4.98 Å². The molecule has 0 aliphatic rings. The average Bonchev–Trinajstić information content (AvgIpc) is 2.48. The molecule has 2 aromatic rings. The fourth-order valence-corrected chi connectivity index (χ4v) is 1.69. The summed E-state index contributed by atoms with van der Waals surface area (Å²) in [5.74, 6) is 0.720. The van der Waals surface area contributed by atoms with Gasteiger partial charge >= 0.3 is 0 Å². The first-order valence-electron chi connectivity index (χ1n) is 6.56. The minimum atomic E-state index is -0.629. The summed E-state index contributed by atoms with van der Waals surface area (Å²) in [5, 5.41) is 0. The Morgan fingerprint density at radius 2 is 2.00 bits per heavy atom. The molecule has 4 N–H and O–H groups in total. The van der Waals surface area contributed by atoms with Crippen molar-refractivity contribution in [3.8, 4) is 17.4 Å². The lowest BCUT2D eigenvalue weighted by Gasteiger charge is -2.12. The standard InChI is InChI=1S/C15H17N3O3/c1-2-7-20-12-5-3-4-6-13(12)21-14-8-10(15(17)19)11(16)9-18-14/h3-6,8-9H,2,7,16H2,1H3,(H2,17,19). The molecule has 0 bridgehead atoms. The van der Waals surface area contributed by atoms with Gasteiger partial charge in [-0.1, -0.05) is 19.1 Å². The van der Waals surface area contributed by atoms with Crippen LogP contribution in [-0.4, -0.2) is 17.5 Å². The molecule has 0 aliphatic carbocycles. The van der Waals surface area contributed by atoms with Crippen LogP contribution in [0.15, 0.2) is 36.5 Å². The third-order valence-corrected chi connectivity index (χ3v) is 2.70. The Morgan fingerprint density at radius 3 is 2.67 bits per heavy atom. The number of anilines is 1. The first-order valence-corrected chi connectivity index (χ1v) is 6.56. The van der Waals surface area contributed by atoms with Crippen molar-refractivity contribution in [3.05, 3.63) is 42.1 Å². The van der Waals surface area contributed by atoms with E-state index in [0.29, 0.717) is 18.1 Å². The number of hydrogen-bond acceptors (Lipinski definition) is 5. The lowest BCUT2D eigenvalue weighted by Crippen LogP contribution is -2.14. The Kier molecular flexibility index (Phi) is 4.61. The number of ether oxygens (including phenoxy) is 2. The number of aromatic nitrogens is 1. The van der Waals surface area contributed by atoms with Crippen molar-refractivity contribution >= 4 is 11.6 Å². The molecule has 1 heterocycles. The molecular formula is C15H17N3O3. The van der Waals surface area contributed by atoms with Crippen molar-refractivity contribution in [2.75, 3.05) is 12.3 Å². The Balaban J connectivity index is 2.26. The monoisotopic (exact) mass is 287 g/mol. The number of pyridine rings is 1. The molecular weight excluding hydrogens is 270 g/mol. The van der Waals surface area contributed by atoms with Gasteiger partial charge in [-0.2, -0.15) is 0 Å². The summed E-state index contributed by atoms with van der Waals surface area (Å²) in [6, 6.07) is 8.64. The number of carbonyl (C=O) groups is 1. The van der Waals surface area contributed by atoms with Crippen molar-refractivity contribution in [2.24, 2.45) is 5.73 Å². The number of amides is 1. The molecule has 0 aliphatic heterocycles. The molecule has 1 aromatic heterocycles. The number of primary amides is 1. The Hall–Kier alpha value is -2.76. The molecule has 110 valence electrons. The fraction of sp³-hybridized carbons (Fsp3) is 0.200. The maximum atomic E-state index is 11.3. The summed E-state index contributed by atoms with van der Waals surface area (Å²) in [5.41, 5.74) is 11.3. The highest BCUT2D eigenvalue weighted by Crippen LogP contribution is 2.31. The van der Waals surface area contributed by atoms with Gasteiger partial charge in [-0.05, 0) is 18.6 Å². The summed E-state index contributed by atoms with van der Waals surface area (Å²) in [4.78, 5) is 15.3. The van der Waals surface area contributed by atoms with Crippen LogP contribution in [0, 0.1) is 0 Å². The van der Waals surface area contributed by atoms with E-state index in [9.17, 15) is 4.79 Å². The maximum Gasteiger partial charge on any atom is 0.251 e.